The minimum Gasteiger partial charge on any atom is -0.392 e. The largest absolute Gasteiger partial charge is 0.392 e. The third-order valence-electron chi connectivity index (χ3n) is 1.42. The summed E-state index contributed by atoms with van der Waals surface area (Å²) < 4.78 is 1.11. The lowest BCUT2D eigenvalue weighted by molar-refractivity contribution is 0.201. The molecule has 1 unspecified atom stereocenters. The fraction of sp³-hybridized carbons (Fsp3) is 0.500. The van der Waals surface area contributed by atoms with Crippen LogP contribution in [0.1, 0.15) is 4.88 Å². The van der Waals surface area contributed by atoms with E-state index in [1.54, 1.807) is 23.1 Å². The summed E-state index contributed by atoms with van der Waals surface area (Å²) in [6, 6.07) is 2.06. The van der Waals surface area contributed by atoms with E-state index in [1.807, 2.05) is 11.6 Å². The van der Waals surface area contributed by atoms with Crippen molar-refractivity contribution in [3.63, 3.8) is 0 Å². The van der Waals surface area contributed by atoms with Crippen molar-refractivity contribution in [1.82, 2.24) is 0 Å². The zero-order chi connectivity index (χ0) is 8.97. The first-order chi connectivity index (χ1) is 5.72. The highest BCUT2D eigenvalue weighted by Gasteiger charge is 2.05. The first-order valence-corrected chi connectivity index (χ1v) is 6.69. The highest BCUT2D eigenvalue weighted by molar-refractivity contribution is 9.10. The molecular weight excluding hydrogens is 256 g/mol. The maximum atomic E-state index is 9.48. The van der Waals surface area contributed by atoms with Gasteiger partial charge in [0.25, 0.3) is 0 Å². The van der Waals surface area contributed by atoms with Crippen LogP contribution in [0.15, 0.2) is 15.9 Å². The fourth-order valence-electron chi connectivity index (χ4n) is 0.944. The first kappa shape index (κ1) is 10.6. The van der Waals surface area contributed by atoms with Crippen molar-refractivity contribution in [3.05, 3.63) is 20.8 Å². The van der Waals surface area contributed by atoms with Crippen LogP contribution in [0, 0.1) is 0 Å². The van der Waals surface area contributed by atoms with Gasteiger partial charge >= 0.3 is 0 Å². The first-order valence-electron chi connectivity index (χ1n) is 3.62. The third-order valence-corrected chi connectivity index (χ3v) is 3.86. The maximum Gasteiger partial charge on any atom is 0.0678 e. The molecule has 0 bridgehead atoms. The predicted molar refractivity (Wildman–Crippen MR) is 60.1 cm³/mol. The highest BCUT2D eigenvalue weighted by Crippen LogP contribution is 2.21. The Labute approximate surface area is 89.3 Å². The summed E-state index contributed by atoms with van der Waals surface area (Å²) in [5.74, 6) is 0.815. The molecule has 1 heterocycles. The SMILES string of the molecule is CSCC(O)Cc1cc(Br)cs1. The normalized spacial score (nSPS) is 13.2. The zero-order valence-electron chi connectivity index (χ0n) is 6.79. The lowest BCUT2D eigenvalue weighted by Gasteiger charge is -2.05. The Morgan fingerprint density at radius 2 is 2.50 bits per heavy atom. The van der Waals surface area contributed by atoms with E-state index in [9.17, 15) is 5.11 Å². The van der Waals surface area contributed by atoms with E-state index in [2.05, 4.69) is 22.0 Å². The van der Waals surface area contributed by atoms with Crippen LogP contribution >= 0.6 is 39.0 Å². The molecule has 1 rings (SSSR count). The van der Waals surface area contributed by atoms with Gasteiger partial charge in [-0.1, -0.05) is 0 Å². The lowest BCUT2D eigenvalue weighted by Crippen LogP contribution is -2.12. The van der Waals surface area contributed by atoms with Crippen LogP contribution < -0.4 is 0 Å². The molecular formula is C8H11BrOS2. The topological polar surface area (TPSA) is 20.2 Å². The summed E-state index contributed by atoms with van der Waals surface area (Å²) in [6.07, 6.45) is 2.58. The Morgan fingerprint density at radius 3 is 3.00 bits per heavy atom. The average molecular weight is 267 g/mol. The molecule has 0 saturated carbocycles. The molecule has 0 aliphatic carbocycles. The van der Waals surface area contributed by atoms with Gasteiger partial charge < -0.3 is 5.11 Å². The van der Waals surface area contributed by atoms with E-state index in [0.29, 0.717) is 0 Å². The van der Waals surface area contributed by atoms with Crippen LogP contribution in [0.3, 0.4) is 0 Å². The number of rotatable bonds is 4. The molecule has 1 atom stereocenters. The smallest absolute Gasteiger partial charge is 0.0678 e. The Kier molecular flexibility index (Phi) is 4.64. The number of aliphatic hydroxyl groups excluding tert-OH is 1. The molecule has 0 amide bonds. The third kappa shape index (κ3) is 3.47. The van der Waals surface area contributed by atoms with E-state index >= 15 is 0 Å². The summed E-state index contributed by atoms with van der Waals surface area (Å²) in [7, 11) is 0. The standard InChI is InChI=1S/C8H11BrOS2/c1-11-5-7(10)3-8-2-6(9)4-12-8/h2,4,7,10H,3,5H2,1H3. The number of thiophene rings is 1. The molecule has 1 nitrogen and oxygen atoms in total. The highest BCUT2D eigenvalue weighted by atomic mass is 79.9. The number of hydrogen-bond donors (Lipinski definition) is 1. The Balaban J connectivity index is 2.41. The van der Waals surface area contributed by atoms with Gasteiger partial charge in [0.1, 0.15) is 0 Å². The van der Waals surface area contributed by atoms with Crippen LogP contribution in [-0.4, -0.2) is 23.2 Å². The van der Waals surface area contributed by atoms with Gasteiger partial charge in [-0.2, -0.15) is 11.8 Å². The van der Waals surface area contributed by atoms with Crippen molar-refractivity contribution in [2.24, 2.45) is 0 Å². The van der Waals surface area contributed by atoms with Gasteiger partial charge in [-0.15, -0.1) is 11.3 Å². The summed E-state index contributed by atoms with van der Waals surface area (Å²) >= 11 is 6.75. The predicted octanol–water partition coefficient (Wildman–Crippen LogP) is 2.78. The van der Waals surface area contributed by atoms with Gasteiger partial charge in [0.2, 0.25) is 0 Å². The van der Waals surface area contributed by atoms with E-state index in [1.165, 1.54) is 4.88 Å². The van der Waals surface area contributed by atoms with E-state index < -0.39 is 0 Å². The quantitative estimate of drug-likeness (QED) is 0.905. The van der Waals surface area contributed by atoms with Gasteiger partial charge in [0, 0.05) is 26.9 Å². The van der Waals surface area contributed by atoms with Crippen LogP contribution in [-0.2, 0) is 6.42 Å². The molecule has 1 aromatic heterocycles. The Hall–Kier alpha value is 0.490. The van der Waals surface area contributed by atoms with Gasteiger partial charge in [0.05, 0.1) is 6.10 Å². The minimum atomic E-state index is -0.203. The van der Waals surface area contributed by atoms with Crippen molar-refractivity contribution < 1.29 is 5.11 Å². The van der Waals surface area contributed by atoms with Gasteiger partial charge in [-0.25, -0.2) is 0 Å². The van der Waals surface area contributed by atoms with Gasteiger partial charge in [-0.3, -0.25) is 0 Å². The van der Waals surface area contributed by atoms with E-state index in [4.69, 9.17) is 0 Å². The molecule has 0 fully saturated rings. The summed E-state index contributed by atoms with van der Waals surface area (Å²) in [5, 5.41) is 11.5. The molecule has 0 aliphatic rings. The molecule has 0 spiro atoms. The maximum absolute atomic E-state index is 9.48. The minimum absolute atomic E-state index is 0.203. The Morgan fingerprint density at radius 1 is 1.75 bits per heavy atom. The monoisotopic (exact) mass is 266 g/mol. The molecule has 1 aromatic rings. The van der Waals surface area contributed by atoms with Crippen LogP contribution in [0.2, 0.25) is 0 Å². The summed E-state index contributed by atoms with van der Waals surface area (Å²) in [5.41, 5.74) is 0. The van der Waals surface area contributed by atoms with Crippen molar-refractivity contribution >= 4 is 39.0 Å². The molecule has 0 radical (unpaired) electrons. The van der Waals surface area contributed by atoms with E-state index in [-0.39, 0.29) is 6.10 Å². The molecule has 0 aliphatic heterocycles. The van der Waals surface area contributed by atoms with Gasteiger partial charge in [0.15, 0.2) is 0 Å². The summed E-state index contributed by atoms with van der Waals surface area (Å²) in [6.45, 7) is 0. The van der Waals surface area contributed by atoms with Crippen molar-refractivity contribution in [1.29, 1.82) is 0 Å². The van der Waals surface area contributed by atoms with Crippen molar-refractivity contribution in [3.8, 4) is 0 Å². The summed E-state index contributed by atoms with van der Waals surface area (Å²) in [4.78, 5) is 1.24. The van der Waals surface area contributed by atoms with Crippen LogP contribution in [0.4, 0.5) is 0 Å². The zero-order valence-corrected chi connectivity index (χ0v) is 10.0. The molecule has 12 heavy (non-hydrogen) atoms. The number of hydrogen-bond acceptors (Lipinski definition) is 3. The van der Waals surface area contributed by atoms with Crippen molar-refractivity contribution in [2.75, 3.05) is 12.0 Å². The number of halogens is 1. The fourth-order valence-corrected chi connectivity index (χ4v) is 2.97. The van der Waals surface area contributed by atoms with Crippen molar-refractivity contribution in [2.45, 2.75) is 12.5 Å². The van der Waals surface area contributed by atoms with Crippen LogP contribution in [0.25, 0.3) is 0 Å². The molecule has 4 heteroatoms. The van der Waals surface area contributed by atoms with Gasteiger partial charge in [-0.05, 0) is 28.3 Å². The number of thioether (sulfide) groups is 1. The second-order valence-corrected chi connectivity index (χ2v) is 5.37. The Bertz CT molecular complexity index is 237. The average Bonchev–Trinajstić information content (AvgIpc) is 2.36. The molecule has 1 N–H and O–H groups in total. The molecule has 0 aromatic carbocycles. The number of aliphatic hydroxyl groups is 1. The van der Waals surface area contributed by atoms with E-state index in [0.717, 1.165) is 16.6 Å². The lowest BCUT2D eigenvalue weighted by atomic mass is 10.2. The molecule has 0 saturated heterocycles. The second-order valence-electron chi connectivity index (χ2n) is 2.54. The molecule has 68 valence electrons. The van der Waals surface area contributed by atoms with Crippen LogP contribution in [0.5, 0.6) is 0 Å². The second kappa shape index (κ2) is 5.27.